The van der Waals surface area contributed by atoms with E-state index in [1.54, 1.807) is 12.4 Å². The van der Waals surface area contributed by atoms with Crippen molar-refractivity contribution < 1.29 is 8.42 Å². The Labute approximate surface area is 96.3 Å². The van der Waals surface area contributed by atoms with Crippen LogP contribution in [0, 0.1) is 0 Å². The van der Waals surface area contributed by atoms with Gasteiger partial charge in [0.25, 0.3) is 0 Å². The second kappa shape index (κ2) is 5.51. The molecule has 5 heteroatoms. The molecule has 0 bridgehead atoms. The van der Waals surface area contributed by atoms with Gasteiger partial charge in [0.05, 0.1) is 5.25 Å². The molecule has 1 aromatic heterocycles. The van der Waals surface area contributed by atoms with Crippen LogP contribution in [0.2, 0.25) is 0 Å². The highest BCUT2D eigenvalue weighted by atomic mass is 32.2. The van der Waals surface area contributed by atoms with Crippen LogP contribution < -0.4 is 0 Å². The van der Waals surface area contributed by atoms with Crippen LogP contribution >= 0.6 is 12.6 Å². The second-order valence-electron chi connectivity index (χ2n) is 3.53. The van der Waals surface area contributed by atoms with E-state index in [2.05, 4.69) is 17.6 Å². The molecule has 1 unspecified atom stereocenters. The zero-order chi connectivity index (χ0) is 11.3. The molecule has 0 saturated heterocycles. The molecule has 1 atom stereocenters. The van der Waals surface area contributed by atoms with Crippen molar-refractivity contribution in [3.8, 4) is 0 Å². The lowest BCUT2D eigenvalue weighted by Crippen LogP contribution is -2.23. The van der Waals surface area contributed by atoms with Crippen molar-refractivity contribution in [2.75, 3.05) is 12.0 Å². The smallest absolute Gasteiger partial charge is 0.150 e. The van der Waals surface area contributed by atoms with Gasteiger partial charge in [-0.2, -0.15) is 12.6 Å². The lowest BCUT2D eigenvalue weighted by Gasteiger charge is -2.13. The summed E-state index contributed by atoms with van der Waals surface area (Å²) in [5.74, 6) is 0.581. The van der Waals surface area contributed by atoms with Gasteiger partial charge in [0.2, 0.25) is 0 Å². The number of thiol groups is 1. The zero-order valence-electron chi connectivity index (χ0n) is 8.63. The van der Waals surface area contributed by atoms with Gasteiger partial charge >= 0.3 is 0 Å². The van der Waals surface area contributed by atoms with E-state index in [4.69, 9.17) is 0 Å². The Bertz CT molecular complexity index is 389. The molecule has 0 N–H and O–H groups in total. The minimum atomic E-state index is -3.00. The number of hydrogen-bond donors (Lipinski definition) is 1. The Kier molecular flexibility index (Phi) is 4.60. The molecule has 0 spiro atoms. The summed E-state index contributed by atoms with van der Waals surface area (Å²) in [5.41, 5.74) is 0.953. The first-order valence-corrected chi connectivity index (χ1v) is 7.31. The summed E-state index contributed by atoms with van der Waals surface area (Å²) in [7, 11) is -3.00. The zero-order valence-corrected chi connectivity index (χ0v) is 10.3. The quantitative estimate of drug-likeness (QED) is 0.797. The third-order valence-corrected chi connectivity index (χ3v) is 4.11. The monoisotopic (exact) mass is 245 g/mol. The van der Waals surface area contributed by atoms with E-state index in [9.17, 15) is 8.42 Å². The van der Waals surface area contributed by atoms with E-state index >= 15 is 0 Å². The lowest BCUT2D eigenvalue weighted by molar-refractivity contribution is 0.580. The van der Waals surface area contributed by atoms with E-state index in [1.165, 1.54) is 6.26 Å². The van der Waals surface area contributed by atoms with Gasteiger partial charge in [-0.1, -0.05) is 6.07 Å². The van der Waals surface area contributed by atoms with Gasteiger partial charge in [0, 0.05) is 18.6 Å². The van der Waals surface area contributed by atoms with Crippen LogP contribution in [0.25, 0.3) is 0 Å². The molecule has 0 saturated carbocycles. The Hall–Kier alpha value is -0.550. The third kappa shape index (κ3) is 4.22. The fraction of sp³-hybridized carbons (Fsp3) is 0.500. The van der Waals surface area contributed by atoms with Crippen LogP contribution in [0.1, 0.15) is 12.0 Å². The number of aromatic nitrogens is 1. The molecule has 0 aromatic carbocycles. The third-order valence-electron chi connectivity index (χ3n) is 2.24. The average molecular weight is 245 g/mol. The first-order chi connectivity index (χ1) is 7.04. The van der Waals surface area contributed by atoms with Gasteiger partial charge in [-0.05, 0) is 30.2 Å². The van der Waals surface area contributed by atoms with Crippen molar-refractivity contribution in [1.29, 1.82) is 0 Å². The Morgan fingerprint density at radius 3 is 2.73 bits per heavy atom. The predicted molar refractivity (Wildman–Crippen MR) is 65.0 cm³/mol. The fourth-order valence-electron chi connectivity index (χ4n) is 1.39. The van der Waals surface area contributed by atoms with Crippen molar-refractivity contribution in [3.05, 3.63) is 30.1 Å². The summed E-state index contributed by atoms with van der Waals surface area (Å²) in [6.45, 7) is 0. The van der Waals surface area contributed by atoms with Gasteiger partial charge in [-0.3, -0.25) is 4.98 Å². The number of pyridine rings is 1. The van der Waals surface area contributed by atoms with Crippen LogP contribution in [0.4, 0.5) is 0 Å². The van der Waals surface area contributed by atoms with Crippen molar-refractivity contribution >= 4 is 22.5 Å². The van der Waals surface area contributed by atoms with Crippen molar-refractivity contribution in [2.45, 2.75) is 18.1 Å². The highest BCUT2D eigenvalue weighted by Crippen LogP contribution is 2.12. The maximum Gasteiger partial charge on any atom is 0.150 e. The average Bonchev–Trinajstić information content (AvgIpc) is 2.17. The van der Waals surface area contributed by atoms with Crippen molar-refractivity contribution in [3.63, 3.8) is 0 Å². The van der Waals surface area contributed by atoms with E-state index < -0.39 is 9.84 Å². The molecule has 0 aliphatic carbocycles. The second-order valence-corrected chi connectivity index (χ2v) is 6.30. The Morgan fingerprint density at radius 1 is 1.53 bits per heavy atom. The van der Waals surface area contributed by atoms with Crippen LogP contribution in [0.15, 0.2) is 24.5 Å². The van der Waals surface area contributed by atoms with Crippen molar-refractivity contribution in [1.82, 2.24) is 4.98 Å². The van der Waals surface area contributed by atoms with Crippen LogP contribution in [-0.2, 0) is 16.3 Å². The van der Waals surface area contributed by atoms with E-state index in [-0.39, 0.29) is 5.25 Å². The van der Waals surface area contributed by atoms with Crippen molar-refractivity contribution in [2.24, 2.45) is 0 Å². The summed E-state index contributed by atoms with van der Waals surface area (Å²) in [6, 6.07) is 3.71. The minimum Gasteiger partial charge on any atom is -0.264 e. The number of nitrogens with zero attached hydrogens (tertiary/aromatic N) is 1. The molecular weight excluding hydrogens is 230 g/mol. The first-order valence-electron chi connectivity index (χ1n) is 4.72. The van der Waals surface area contributed by atoms with Crippen LogP contribution in [0.5, 0.6) is 0 Å². The topological polar surface area (TPSA) is 47.0 Å². The Balaban J connectivity index is 2.76. The van der Waals surface area contributed by atoms with E-state index in [0.29, 0.717) is 18.6 Å². The SMILES string of the molecule is CS(=O)(=O)C(CCS)Cc1cccnc1. The highest BCUT2D eigenvalue weighted by molar-refractivity contribution is 7.91. The summed E-state index contributed by atoms with van der Waals surface area (Å²) in [6.07, 6.45) is 5.76. The molecular formula is C10H15NO2S2. The fourth-order valence-corrected chi connectivity index (χ4v) is 2.92. The lowest BCUT2D eigenvalue weighted by atomic mass is 10.1. The molecule has 0 aliphatic rings. The molecule has 1 heterocycles. The maximum atomic E-state index is 11.5. The number of hydrogen-bond acceptors (Lipinski definition) is 4. The largest absolute Gasteiger partial charge is 0.264 e. The van der Waals surface area contributed by atoms with Gasteiger partial charge in [-0.15, -0.1) is 0 Å². The molecule has 0 fully saturated rings. The highest BCUT2D eigenvalue weighted by Gasteiger charge is 2.20. The molecule has 1 rings (SSSR count). The summed E-state index contributed by atoms with van der Waals surface area (Å²) in [4.78, 5) is 3.97. The molecule has 15 heavy (non-hydrogen) atoms. The molecule has 0 radical (unpaired) electrons. The number of rotatable bonds is 5. The van der Waals surface area contributed by atoms with Gasteiger partial charge in [0.1, 0.15) is 0 Å². The molecule has 3 nitrogen and oxygen atoms in total. The summed E-state index contributed by atoms with van der Waals surface area (Å²) in [5, 5.41) is -0.348. The molecule has 1 aromatic rings. The normalized spacial score (nSPS) is 13.7. The van der Waals surface area contributed by atoms with E-state index in [0.717, 1.165) is 5.56 Å². The van der Waals surface area contributed by atoms with Gasteiger partial charge < -0.3 is 0 Å². The van der Waals surface area contributed by atoms with Crippen LogP contribution in [-0.4, -0.2) is 30.7 Å². The van der Waals surface area contributed by atoms with Crippen LogP contribution in [0.3, 0.4) is 0 Å². The standard InChI is InChI=1S/C10H15NO2S2/c1-15(12,13)10(4-6-14)7-9-3-2-5-11-8-9/h2-3,5,8,10,14H,4,6-7H2,1H3. The predicted octanol–water partition coefficient (Wildman–Crippen LogP) is 1.36. The first kappa shape index (κ1) is 12.5. The minimum absolute atomic E-state index is 0.348. The summed E-state index contributed by atoms with van der Waals surface area (Å²) >= 11 is 4.08. The van der Waals surface area contributed by atoms with Gasteiger partial charge in [0.15, 0.2) is 9.84 Å². The van der Waals surface area contributed by atoms with E-state index in [1.807, 2.05) is 12.1 Å². The molecule has 0 amide bonds. The maximum absolute atomic E-state index is 11.5. The van der Waals surface area contributed by atoms with Gasteiger partial charge in [-0.25, -0.2) is 8.42 Å². The summed E-state index contributed by atoms with van der Waals surface area (Å²) < 4.78 is 22.9. The number of sulfone groups is 1. The molecule has 84 valence electrons. The molecule has 0 aliphatic heterocycles. The Morgan fingerprint density at radius 2 is 2.27 bits per heavy atom.